The van der Waals surface area contributed by atoms with Gasteiger partial charge in [0, 0.05) is 5.25 Å². The number of hydrogen-bond acceptors (Lipinski definition) is 2. The second kappa shape index (κ2) is 21.1. The van der Waals surface area contributed by atoms with Crippen LogP contribution in [0.5, 0.6) is 0 Å². The summed E-state index contributed by atoms with van der Waals surface area (Å²) in [5.41, 5.74) is 0. The third-order valence-corrected chi connectivity index (χ3v) is 5.59. The molecule has 1 unspecified atom stereocenters. The van der Waals surface area contributed by atoms with Crippen LogP contribution in [-0.2, 0) is 4.18 Å². The van der Waals surface area contributed by atoms with Crippen molar-refractivity contribution in [2.45, 2.75) is 122 Å². The van der Waals surface area contributed by atoms with Crippen molar-refractivity contribution in [2.24, 2.45) is 0 Å². The zero-order chi connectivity index (χ0) is 17.7. The van der Waals surface area contributed by atoms with Crippen molar-refractivity contribution in [1.82, 2.24) is 0 Å². The zero-order valence-corrected chi connectivity index (χ0v) is 17.7. The minimum absolute atomic E-state index is 0.726. The molecular weight excluding hydrogens is 312 g/mol. The highest BCUT2D eigenvalue weighted by atomic mass is 32.2. The number of unbranched alkanes of at least 4 members (excludes halogenated alkanes) is 10. The van der Waals surface area contributed by atoms with E-state index >= 15 is 0 Å². The lowest BCUT2D eigenvalue weighted by molar-refractivity contribution is 0.353. The SMILES string of the molecule is C/C=C/CCCCOSC(CCCCCC)CCCCCCCC. The van der Waals surface area contributed by atoms with E-state index in [4.69, 9.17) is 4.18 Å². The Balaban J connectivity index is 3.74. The van der Waals surface area contributed by atoms with Gasteiger partial charge in [0.1, 0.15) is 0 Å². The van der Waals surface area contributed by atoms with E-state index in [1.54, 1.807) is 12.0 Å². The zero-order valence-electron chi connectivity index (χ0n) is 16.9. The Morgan fingerprint density at radius 2 is 1.33 bits per heavy atom. The first-order valence-electron chi connectivity index (χ1n) is 10.7. The summed E-state index contributed by atoms with van der Waals surface area (Å²) in [6.45, 7) is 7.60. The molecule has 0 saturated heterocycles. The van der Waals surface area contributed by atoms with Crippen molar-refractivity contribution >= 4 is 12.0 Å². The summed E-state index contributed by atoms with van der Waals surface area (Å²) in [4.78, 5) is 0. The lowest BCUT2D eigenvalue weighted by atomic mass is 10.0. The van der Waals surface area contributed by atoms with Gasteiger partial charge in [-0.05, 0) is 51.1 Å². The average molecular weight is 357 g/mol. The van der Waals surface area contributed by atoms with Gasteiger partial charge in [-0.15, -0.1) is 0 Å². The molecule has 0 aromatic carbocycles. The maximum absolute atomic E-state index is 5.92. The Kier molecular flexibility index (Phi) is 21.1. The summed E-state index contributed by atoms with van der Waals surface area (Å²) in [6.07, 6.45) is 24.6. The lowest BCUT2D eigenvalue weighted by Crippen LogP contribution is -2.05. The van der Waals surface area contributed by atoms with Crippen LogP contribution in [0, 0.1) is 0 Å². The van der Waals surface area contributed by atoms with Crippen LogP contribution in [0.25, 0.3) is 0 Å². The van der Waals surface area contributed by atoms with Gasteiger partial charge in [-0.25, -0.2) is 0 Å². The van der Waals surface area contributed by atoms with Gasteiger partial charge in [0.15, 0.2) is 0 Å². The Labute approximate surface area is 157 Å². The summed E-state index contributed by atoms with van der Waals surface area (Å²) in [5.74, 6) is 0. The molecule has 0 aliphatic heterocycles. The molecule has 0 aromatic rings. The van der Waals surface area contributed by atoms with Crippen LogP contribution >= 0.6 is 12.0 Å². The molecule has 0 fully saturated rings. The van der Waals surface area contributed by atoms with E-state index in [-0.39, 0.29) is 0 Å². The molecule has 0 saturated carbocycles. The van der Waals surface area contributed by atoms with Crippen molar-refractivity contribution in [3.63, 3.8) is 0 Å². The second-order valence-corrected chi connectivity index (χ2v) is 8.11. The molecule has 0 aromatic heterocycles. The minimum Gasteiger partial charge on any atom is -0.315 e. The fourth-order valence-electron chi connectivity index (χ4n) is 2.93. The first kappa shape index (κ1) is 24.1. The molecule has 24 heavy (non-hydrogen) atoms. The molecule has 0 N–H and O–H groups in total. The molecule has 1 nitrogen and oxygen atoms in total. The first-order valence-corrected chi connectivity index (χ1v) is 11.5. The Morgan fingerprint density at radius 3 is 1.96 bits per heavy atom. The standard InChI is InChI=1S/C22H44OS/c1-4-7-10-13-14-17-20-22(19-16-12-9-6-3)24-23-21-18-15-11-8-5-2/h5,8,22H,4,6-7,9-21H2,1-3H3/b8-5+. The number of allylic oxidation sites excluding steroid dienone is 2. The molecule has 0 amide bonds. The van der Waals surface area contributed by atoms with Crippen LogP contribution in [0.2, 0.25) is 0 Å². The summed E-state index contributed by atoms with van der Waals surface area (Å²) in [6, 6.07) is 0. The normalized spacial score (nSPS) is 13.0. The van der Waals surface area contributed by atoms with Crippen LogP contribution in [0.4, 0.5) is 0 Å². The molecule has 0 aliphatic carbocycles. The molecule has 0 bridgehead atoms. The van der Waals surface area contributed by atoms with E-state index in [1.165, 1.54) is 96.3 Å². The quantitative estimate of drug-likeness (QED) is 0.130. The Hall–Kier alpha value is 0.0500. The molecule has 0 rings (SSSR count). The van der Waals surface area contributed by atoms with Crippen molar-refractivity contribution < 1.29 is 4.18 Å². The van der Waals surface area contributed by atoms with Crippen LogP contribution in [-0.4, -0.2) is 11.9 Å². The van der Waals surface area contributed by atoms with Gasteiger partial charge < -0.3 is 4.18 Å². The third-order valence-electron chi connectivity index (χ3n) is 4.55. The monoisotopic (exact) mass is 356 g/mol. The highest BCUT2D eigenvalue weighted by molar-refractivity contribution is 7.95. The van der Waals surface area contributed by atoms with Crippen molar-refractivity contribution in [3.8, 4) is 0 Å². The fourth-order valence-corrected chi connectivity index (χ4v) is 3.86. The molecule has 144 valence electrons. The summed E-state index contributed by atoms with van der Waals surface area (Å²) < 4.78 is 5.92. The van der Waals surface area contributed by atoms with Gasteiger partial charge in [0.2, 0.25) is 0 Å². The van der Waals surface area contributed by atoms with Gasteiger partial charge in [-0.2, -0.15) is 0 Å². The molecule has 1 atom stereocenters. The molecule has 0 aliphatic rings. The third kappa shape index (κ3) is 18.4. The van der Waals surface area contributed by atoms with Crippen LogP contribution in [0.3, 0.4) is 0 Å². The largest absolute Gasteiger partial charge is 0.315 e. The van der Waals surface area contributed by atoms with Gasteiger partial charge >= 0.3 is 0 Å². The Morgan fingerprint density at radius 1 is 0.750 bits per heavy atom. The Bertz CT molecular complexity index is 252. The van der Waals surface area contributed by atoms with Crippen molar-refractivity contribution in [1.29, 1.82) is 0 Å². The van der Waals surface area contributed by atoms with Gasteiger partial charge in [0.05, 0.1) is 6.61 Å². The van der Waals surface area contributed by atoms with E-state index in [0.717, 1.165) is 11.9 Å². The van der Waals surface area contributed by atoms with Crippen LogP contribution < -0.4 is 0 Å². The van der Waals surface area contributed by atoms with E-state index in [0.29, 0.717) is 0 Å². The van der Waals surface area contributed by atoms with Crippen molar-refractivity contribution in [2.75, 3.05) is 6.61 Å². The highest BCUT2D eigenvalue weighted by Gasteiger charge is 2.10. The predicted octanol–water partition coefficient (Wildman–Crippen LogP) is 8.49. The summed E-state index contributed by atoms with van der Waals surface area (Å²) >= 11 is 1.79. The molecule has 0 radical (unpaired) electrons. The van der Waals surface area contributed by atoms with E-state index in [2.05, 4.69) is 32.9 Å². The second-order valence-electron chi connectivity index (χ2n) is 7.01. The molecule has 0 spiro atoms. The topological polar surface area (TPSA) is 9.23 Å². The van der Waals surface area contributed by atoms with Gasteiger partial charge in [0.25, 0.3) is 0 Å². The maximum Gasteiger partial charge on any atom is 0.0614 e. The number of rotatable bonds is 19. The molecule has 2 heteroatoms. The van der Waals surface area contributed by atoms with E-state index in [9.17, 15) is 0 Å². The highest BCUT2D eigenvalue weighted by Crippen LogP contribution is 2.25. The lowest BCUT2D eigenvalue weighted by Gasteiger charge is -2.16. The molecule has 0 heterocycles. The molecular formula is C22H44OS. The maximum atomic E-state index is 5.92. The van der Waals surface area contributed by atoms with Crippen LogP contribution in [0.15, 0.2) is 12.2 Å². The average Bonchev–Trinajstić information content (AvgIpc) is 2.60. The van der Waals surface area contributed by atoms with Crippen molar-refractivity contribution in [3.05, 3.63) is 12.2 Å². The summed E-state index contributed by atoms with van der Waals surface area (Å²) in [5, 5.41) is 0.726. The van der Waals surface area contributed by atoms with Gasteiger partial charge in [-0.3, -0.25) is 0 Å². The fraction of sp³-hybridized carbons (Fsp3) is 0.909. The first-order chi connectivity index (χ1) is 11.8. The van der Waals surface area contributed by atoms with E-state index < -0.39 is 0 Å². The van der Waals surface area contributed by atoms with E-state index in [1.807, 2.05) is 0 Å². The summed E-state index contributed by atoms with van der Waals surface area (Å²) in [7, 11) is 0. The number of hydrogen-bond donors (Lipinski definition) is 0. The minimum atomic E-state index is 0.726. The predicted molar refractivity (Wildman–Crippen MR) is 113 cm³/mol. The smallest absolute Gasteiger partial charge is 0.0614 e. The van der Waals surface area contributed by atoms with Gasteiger partial charge in [-0.1, -0.05) is 90.2 Å². The van der Waals surface area contributed by atoms with Crippen LogP contribution in [0.1, 0.15) is 117 Å².